The summed E-state index contributed by atoms with van der Waals surface area (Å²) in [6.07, 6.45) is 0.288. The average molecular weight is 484 g/mol. The van der Waals surface area contributed by atoms with Gasteiger partial charge >= 0.3 is 0 Å². The molecule has 3 aromatic rings. The van der Waals surface area contributed by atoms with E-state index in [1.165, 1.54) is 17.3 Å². The van der Waals surface area contributed by atoms with Gasteiger partial charge in [0.1, 0.15) is 11.5 Å². The molecule has 1 heterocycles. The molecule has 0 aliphatic rings. The maximum atomic E-state index is 12.4. The van der Waals surface area contributed by atoms with Gasteiger partial charge in [-0.05, 0) is 43.2 Å². The number of anilines is 1. The molecule has 0 radical (unpaired) electrons. The van der Waals surface area contributed by atoms with Crippen molar-refractivity contribution in [3.05, 3.63) is 59.9 Å². The van der Waals surface area contributed by atoms with Crippen molar-refractivity contribution in [1.82, 2.24) is 20.1 Å². The molecule has 10 heteroatoms. The molecule has 3 rings (SSSR count). The third kappa shape index (κ3) is 6.98. The third-order valence-corrected chi connectivity index (χ3v) is 6.07. The number of aromatic nitrogens is 3. The van der Waals surface area contributed by atoms with Crippen LogP contribution < -0.4 is 20.1 Å². The van der Waals surface area contributed by atoms with Gasteiger partial charge in [0.2, 0.25) is 5.91 Å². The maximum absolute atomic E-state index is 12.4. The normalized spacial score (nSPS) is 11.5. The van der Waals surface area contributed by atoms with Crippen LogP contribution in [0.3, 0.4) is 0 Å². The lowest BCUT2D eigenvalue weighted by molar-refractivity contribution is -0.127. The monoisotopic (exact) mass is 483 g/mol. The van der Waals surface area contributed by atoms with Gasteiger partial charge in [-0.15, -0.1) is 10.2 Å². The smallest absolute Gasteiger partial charge is 0.261 e. The van der Waals surface area contributed by atoms with Gasteiger partial charge in [-0.3, -0.25) is 9.59 Å². The molecule has 0 saturated carbocycles. The van der Waals surface area contributed by atoms with E-state index < -0.39 is 6.10 Å². The van der Waals surface area contributed by atoms with Crippen LogP contribution in [0.1, 0.15) is 25.2 Å². The quantitative estimate of drug-likeness (QED) is 0.403. The molecule has 2 aromatic carbocycles. The SMILES string of the molecule is CCc1ccc(O[C@H](C)C(=O)NCc2nnc(SCC(=O)Nc3cccc(OC)c3)n2C)cc1. The van der Waals surface area contributed by atoms with Crippen molar-refractivity contribution in [2.24, 2.45) is 7.05 Å². The Morgan fingerprint density at radius 2 is 1.88 bits per heavy atom. The van der Waals surface area contributed by atoms with Crippen molar-refractivity contribution in [2.45, 2.75) is 38.1 Å². The Labute approximate surface area is 203 Å². The summed E-state index contributed by atoms with van der Waals surface area (Å²) in [5.74, 6) is 1.62. The molecule has 0 aliphatic carbocycles. The van der Waals surface area contributed by atoms with E-state index >= 15 is 0 Å². The van der Waals surface area contributed by atoms with E-state index in [1.807, 2.05) is 24.3 Å². The first kappa shape index (κ1) is 25.1. The highest BCUT2D eigenvalue weighted by molar-refractivity contribution is 7.99. The molecule has 2 N–H and O–H groups in total. The fourth-order valence-corrected chi connectivity index (χ4v) is 3.75. The highest BCUT2D eigenvalue weighted by atomic mass is 32.2. The van der Waals surface area contributed by atoms with Crippen LogP contribution in [0.25, 0.3) is 0 Å². The van der Waals surface area contributed by atoms with Crippen LogP contribution in [-0.4, -0.2) is 45.5 Å². The standard InChI is InChI=1S/C24H29N5O4S/c1-5-17-9-11-19(12-10-17)33-16(2)23(31)25-14-21-27-28-24(29(21)3)34-15-22(30)26-18-7-6-8-20(13-18)32-4/h6-13,16H,5,14-15H2,1-4H3,(H,25,31)(H,26,30)/t16-/m1/s1. The topological polar surface area (TPSA) is 107 Å². The minimum Gasteiger partial charge on any atom is -0.497 e. The summed E-state index contributed by atoms with van der Waals surface area (Å²) in [5, 5.41) is 14.5. The first-order chi connectivity index (χ1) is 16.4. The summed E-state index contributed by atoms with van der Waals surface area (Å²) >= 11 is 1.26. The largest absolute Gasteiger partial charge is 0.497 e. The van der Waals surface area contributed by atoms with Gasteiger partial charge in [-0.1, -0.05) is 36.9 Å². The number of carbonyl (C=O) groups excluding carboxylic acids is 2. The molecule has 1 aromatic heterocycles. The van der Waals surface area contributed by atoms with Crippen molar-refractivity contribution in [2.75, 3.05) is 18.2 Å². The van der Waals surface area contributed by atoms with Crippen molar-refractivity contribution >= 4 is 29.3 Å². The Kier molecular flexibility index (Phi) is 8.92. The molecule has 34 heavy (non-hydrogen) atoms. The van der Waals surface area contributed by atoms with Crippen molar-refractivity contribution in [1.29, 1.82) is 0 Å². The highest BCUT2D eigenvalue weighted by Gasteiger charge is 2.17. The Hall–Kier alpha value is -3.53. The zero-order chi connectivity index (χ0) is 24.5. The molecule has 9 nitrogen and oxygen atoms in total. The molecule has 0 fully saturated rings. The summed E-state index contributed by atoms with van der Waals surface area (Å²) in [7, 11) is 3.36. The molecular weight excluding hydrogens is 454 g/mol. The van der Waals surface area contributed by atoms with E-state index in [0.717, 1.165) is 6.42 Å². The minimum absolute atomic E-state index is 0.164. The van der Waals surface area contributed by atoms with Crippen LogP contribution >= 0.6 is 11.8 Å². The zero-order valence-corrected chi connectivity index (χ0v) is 20.5. The second-order valence-corrected chi connectivity index (χ2v) is 8.44. The summed E-state index contributed by atoms with van der Waals surface area (Å²) in [4.78, 5) is 24.7. The van der Waals surface area contributed by atoms with Crippen LogP contribution in [-0.2, 0) is 29.6 Å². The zero-order valence-electron chi connectivity index (χ0n) is 19.7. The summed E-state index contributed by atoms with van der Waals surface area (Å²) in [5.41, 5.74) is 1.86. The van der Waals surface area contributed by atoms with E-state index in [1.54, 1.807) is 49.9 Å². The van der Waals surface area contributed by atoms with Gasteiger partial charge in [0.05, 0.1) is 19.4 Å². The summed E-state index contributed by atoms with van der Waals surface area (Å²) < 4.78 is 12.6. The Morgan fingerprint density at radius 1 is 1.12 bits per heavy atom. The Morgan fingerprint density at radius 3 is 2.59 bits per heavy atom. The average Bonchev–Trinajstić information content (AvgIpc) is 3.20. The number of benzene rings is 2. The van der Waals surface area contributed by atoms with Crippen LogP contribution in [0.4, 0.5) is 5.69 Å². The number of aryl methyl sites for hydroxylation is 1. The number of carbonyl (C=O) groups is 2. The number of hydrogen-bond acceptors (Lipinski definition) is 7. The van der Waals surface area contributed by atoms with Gasteiger partial charge in [0, 0.05) is 18.8 Å². The van der Waals surface area contributed by atoms with Crippen LogP contribution in [0.2, 0.25) is 0 Å². The van der Waals surface area contributed by atoms with E-state index in [2.05, 4.69) is 27.8 Å². The molecule has 0 unspecified atom stereocenters. The number of ether oxygens (including phenoxy) is 2. The first-order valence-electron chi connectivity index (χ1n) is 10.9. The second-order valence-electron chi connectivity index (χ2n) is 7.50. The second kappa shape index (κ2) is 12.1. The van der Waals surface area contributed by atoms with Gasteiger partial charge < -0.3 is 24.7 Å². The lowest BCUT2D eigenvalue weighted by Crippen LogP contribution is -2.36. The fraction of sp³-hybridized carbons (Fsp3) is 0.333. The van der Waals surface area contributed by atoms with Crippen LogP contribution in [0.15, 0.2) is 53.7 Å². The molecule has 0 spiro atoms. The van der Waals surface area contributed by atoms with E-state index in [9.17, 15) is 9.59 Å². The lowest BCUT2D eigenvalue weighted by Gasteiger charge is -2.15. The van der Waals surface area contributed by atoms with Crippen LogP contribution in [0, 0.1) is 0 Å². The number of thioether (sulfide) groups is 1. The lowest BCUT2D eigenvalue weighted by atomic mass is 10.2. The van der Waals surface area contributed by atoms with E-state index in [4.69, 9.17) is 9.47 Å². The molecule has 0 bridgehead atoms. The molecule has 0 saturated heterocycles. The van der Waals surface area contributed by atoms with E-state index in [-0.39, 0.29) is 24.1 Å². The maximum Gasteiger partial charge on any atom is 0.261 e. The molecule has 0 aliphatic heterocycles. The predicted molar refractivity (Wildman–Crippen MR) is 131 cm³/mol. The van der Waals surface area contributed by atoms with Crippen LogP contribution in [0.5, 0.6) is 11.5 Å². The minimum atomic E-state index is -0.658. The molecular formula is C24H29N5O4S. The molecule has 1 atom stereocenters. The van der Waals surface area contributed by atoms with Crippen molar-refractivity contribution < 1.29 is 19.1 Å². The summed E-state index contributed by atoms with van der Waals surface area (Å²) in [6.45, 7) is 3.97. The number of nitrogens with one attached hydrogen (secondary N) is 2. The van der Waals surface area contributed by atoms with Crippen molar-refractivity contribution in [3.63, 3.8) is 0 Å². The number of rotatable bonds is 11. The fourth-order valence-electron chi connectivity index (χ4n) is 3.02. The third-order valence-electron chi connectivity index (χ3n) is 5.05. The Bertz CT molecular complexity index is 1120. The molecule has 2 amide bonds. The Balaban J connectivity index is 1.46. The predicted octanol–water partition coefficient (Wildman–Crippen LogP) is 3.20. The number of nitrogens with zero attached hydrogens (tertiary/aromatic N) is 3. The van der Waals surface area contributed by atoms with Gasteiger partial charge in [-0.25, -0.2) is 0 Å². The number of methoxy groups -OCH3 is 1. The number of amides is 2. The van der Waals surface area contributed by atoms with Gasteiger partial charge in [-0.2, -0.15) is 0 Å². The van der Waals surface area contributed by atoms with Gasteiger partial charge in [0.15, 0.2) is 17.1 Å². The molecule has 180 valence electrons. The summed E-state index contributed by atoms with van der Waals surface area (Å²) in [6, 6.07) is 14.8. The van der Waals surface area contributed by atoms with E-state index in [0.29, 0.717) is 28.2 Å². The number of hydrogen-bond donors (Lipinski definition) is 2. The van der Waals surface area contributed by atoms with Crippen molar-refractivity contribution in [3.8, 4) is 11.5 Å². The first-order valence-corrected chi connectivity index (χ1v) is 11.9. The highest BCUT2D eigenvalue weighted by Crippen LogP contribution is 2.19. The van der Waals surface area contributed by atoms with Gasteiger partial charge in [0.25, 0.3) is 5.91 Å².